The van der Waals surface area contributed by atoms with E-state index >= 15 is 0 Å². The third-order valence-electron chi connectivity index (χ3n) is 2.69. The fraction of sp³-hybridized carbons (Fsp3) is 0.615. The molecule has 1 aromatic rings. The maximum Gasteiger partial charge on any atom is 0.234 e. The van der Waals surface area contributed by atoms with E-state index in [0.29, 0.717) is 13.0 Å². The summed E-state index contributed by atoms with van der Waals surface area (Å²) < 4.78 is 0. The van der Waals surface area contributed by atoms with Crippen LogP contribution < -0.4 is 5.32 Å². The summed E-state index contributed by atoms with van der Waals surface area (Å²) in [7, 11) is 1.89. The fourth-order valence-electron chi connectivity index (χ4n) is 1.63. The van der Waals surface area contributed by atoms with Crippen LogP contribution in [0.2, 0.25) is 0 Å². The quantitative estimate of drug-likeness (QED) is 0.792. The number of thiophene rings is 1. The summed E-state index contributed by atoms with van der Waals surface area (Å²) in [6, 6.07) is 4.06. The summed E-state index contributed by atoms with van der Waals surface area (Å²) in [5.74, 6) is 0.0176. The number of hydrogen-bond acceptors (Lipinski definition) is 4. The predicted octanol–water partition coefficient (Wildman–Crippen LogP) is 1.63. The van der Waals surface area contributed by atoms with E-state index in [-0.39, 0.29) is 18.1 Å². The maximum atomic E-state index is 11.8. The van der Waals surface area contributed by atoms with Crippen molar-refractivity contribution in [2.45, 2.75) is 32.4 Å². The van der Waals surface area contributed by atoms with Crippen LogP contribution >= 0.6 is 11.3 Å². The molecule has 0 aliphatic heterocycles. The molecular weight excluding hydrogens is 248 g/mol. The molecule has 1 rings (SSSR count). The smallest absolute Gasteiger partial charge is 0.234 e. The van der Waals surface area contributed by atoms with Crippen LogP contribution in [-0.2, 0) is 4.79 Å². The molecule has 0 bridgehead atoms. The first-order valence-corrected chi connectivity index (χ1v) is 7.06. The van der Waals surface area contributed by atoms with Crippen LogP contribution in [0.4, 0.5) is 0 Å². The Morgan fingerprint density at radius 3 is 2.83 bits per heavy atom. The second-order valence-electron chi connectivity index (χ2n) is 4.68. The van der Waals surface area contributed by atoms with Gasteiger partial charge in [-0.15, -0.1) is 11.3 Å². The van der Waals surface area contributed by atoms with Crippen molar-refractivity contribution in [3.63, 3.8) is 0 Å². The Labute approximate surface area is 113 Å². The first kappa shape index (κ1) is 15.1. The molecule has 4 nitrogen and oxygen atoms in total. The van der Waals surface area contributed by atoms with Gasteiger partial charge in [-0.3, -0.25) is 9.69 Å². The lowest BCUT2D eigenvalue weighted by Crippen LogP contribution is -2.37. The van der Waals surface area contributed by atoms with Crippen LogP contribution in [0.3, 0.4) is 0 Å². The first-order chi connectivity index (χ1) is 8.49. The lowest BCUT2D eigenvalue weighted by atomic mass is 10.2. The average Bonchev–Trinajstić information content (AvgIpc) is 2.79. The summed E-state index contributed by atoms with van der Waals surface area (Å²) in [6.07, 6.45) is 0.366. The molecule has 0 aromatic carbocycles. The molecular formula is C13H22N2O2S. The molecule has 1 aromatic heterocycles. The van der Waals surface area contributed by atoms with Crippen molar-refractivity contribution < 1.29 is 9.90 Å². The molecule has 0 aliphatic carbocycles. The van der Waals surface area contributed by atoms with Gasteiger partial charge in [0, 0.05) is 11.4 Å². The summed E-state index contributed by atoms with van der Waals surface area (Å²) in [5, 5.41) is 14.2. The molecule has 18 heavy (non-hydrogen) atoms. The zero-order chi connectivity index (χ0) is 13.5. The standard InChI is InChI=1S/C13H22N2O2S/c1-10(16)6-7-15(3)9-13(17)14-11(2)12-5-4-8-18-12/h4-5,8,10-11,16H,6-7,9H2,1-3H3,(H,14,17). The highest BCUT2D eigenvalue weighted by atomic mass is 32.1. The van der Waals surface area contributed by atoms with Gasteiger partial charge in [0.25, 0.3) is 0 Å². The topological polar surface area (TPSA) is 52.6 Å². The van der Waals surface area contributed by atoms with E-state index in [2.05, 4.69) is 5.32 Å². The van der Waals surface area contributed by atoms with Crippen molar-refractivity contribution in [1.82, 2.24) is 10.2 Å². The first-order valence-electron chi connectivity index (χ1n) is 6.18. The number of amides is 1. The predicted molar refractivity (Wildman–Crippen MR) is 74.7 cm³/mol. The van der Waals surface area contributed by atoms with Crippen LogP contribution in [0.1, 0.15) is 31.2 Å². The van der Waals surface area contributed by atoms with E-state index in [1.165, 1.54) is 0 Å². The number of likely N-dealkylation sites (N-methyl/N-ethyl adjacent to an activating group) is 1. The Hall–Kier alpha value is -0.910. The molecule has 0 saturated carbocycles. The van der Waals surface area contributed by atoms with E-state index in [9.17, 15) is 9.90 Å². The van der Waals surface area contributed by atoms with Crippen LogP contribution in [0, 0.1) is 0 Å². The van der Waals surface area contributed by atoms with Gasteiger partial charge in [-0.1, -0.05) is 6.07 Å². The Morgan fingerprint density at radius 1 is 1.56 bits per heavy atom. The van der Waals surface area contributed by atoms with Gasteiger partial charge in [0.2, 0.25) is 5.91 Å². The van der Waals surface area contributed by atoms with Gasteiger partial charge in [0.1, 0.15) is 0 Å². The Kier molecular flexibility index (Phi) is 6.32. The van der Waals surface area contributed by atoms with Gasteiger partial charge < -0.3 is 10.4 Å². The van der Waals surface area contributed by atoms with Gasteiger partial charge in [0.05, 0.1) is 18.7 Å². The molecule has 0 saturated heterocycles. The van der Waals surface area contributed by atoms with E-state index in [0.717, 1.165) is 11.4 Å². The normalized spacial score (nSPS) is 14.5. The Bertz CT molecular complexity index is 352. The van der Waals surface area contributed by atoms with E-state index in [4.69, 9.17) is 0 Å². The van der Waals surface area contributed by atoms with Crippen LogP contribution in [0.25, 0.3) is 0 Å². The number of hydrogen-bond donors (Lipinski definition) is 2. The van der Waals surface area contributed by atoms with Gasteiger partial charge in [-0.05, 0) is 38.8 Å². The number of aliphatic hydroxyl groups is 1. The van der Waals surface area contributed by atoms with Crippen molar-refractivity contribution in [3.8, 4) is 0 Å². The zero-order valence-corrected chi connectivity index (χ0v) is 12.0. The van der Waals surface area contributed by atoms with Gasteiger partial charge in [-0.25, -0.2) is 0 Å². The van der Waals surface area contributed by atoms with E-state index in [1.807, 2.05) is 36.4 Å². The minimum atomic E-state index is -0.319. The highest BCUT2D eigenvalue weighted by Gasteiger charge is 2.12. The lowest BCUT2D eigenvalue weighted by molar-refractivity contribution is -0.122. The molecule has 2 atom stereocenters. The Balaban J connectivity index is 2.28. The summed E-state index contributed by atoms with van der Waals surface area (Å²) >= 11 is 1.64. The van der Waals surface area contributed by atoms with Crippen LogP contribution in [0.15, 0.2) is 17.5 Å². The molecule has 1 amide bonds. The Morgan fingerprint density at radius 2 is 2.28 bits per heavy atom. The van der Waals surface area contributed by atoms with Crippen molar-refractivity contribution in [2.75, 3.05) is 20.1 Å². The number of rotatable bonds is 7. The SMILES string of the molecule is CC(O)CCN(C)CC(=O)NC(C)c1cccs1. The van der Waals surface area contributed by atoms with Crippen molar-refractivity contribution >= 4 is 17.2 Å². The lowest BCUT2D eigenvalue weighted by Gasteiger charge is -2.19. The fourth-order valence-corrected chi connectivity index (χ4v) is 2.36. The van der Waals surface area contributed by atoms with Gasteiger partial charge in [0.15, 0.2) is 0 Å². The highest BCUT2D eigenvalue weighted by molar-refractivity contribution is 7.10. The van der Waals surface area contributed by atoms with Crippen molar-refractivity contribution in [3.05, 3.63) is 22.4 Å². The van der Waals surface area contributed by atoms with E-state index < -0.39 is 0 Å². The molecule has 0 spiro atoms. The summed E-state index contributed by atoms with van der Waals surface area (Å²) in [4.78, 5) is 14.9. The number of aliphatic hydroxyl groups excluding tert-OH is 1. The van der Waals surface area contributed by atoms with Crippen molar-refractivity contribution in [1.29, 1.82) is 0 Å². The monoisotopic (exact) mass is 270 g/mol. The number of nitrogens with one attached hydrogen (secondary N) is 1. The highest BCUT2D eigenvalue weighted by Crippen LogP contribution is 2.17. The van der Waals surface area contributed by atoms with Crippen LogP contribution in [0.5, 0.6) is 0 Å². The molecule has 2 N–H and O–H groups in total. The minimum Gasteiger partial charge on any atom is -0.393 e. The van der Waals surface area contributed by atoms with Gasteiger partial charge >= 0.3 is 0 Å². The second kappa shape index (κ2) is 7.51. The second-order valence-corrected chi connectivity index (χ2v) is 5.66. The molecule has 2 unspecified atom stereocenters. The molecule has 5 heteroatoms. The minimum absolute atomic E-state index is 0.0176. The number of carbonyl (C=O) groups excluding carboxylic acids is 1. The molecule has 1 heterocycles. The zero-order valence-electron chi connectivity index (χ0n) is 11.2. The largest absolute Gasteiger partial charge is 0.393 e. The summed E-state index contributed by atoms with van der Waals surface area (Å²) in [6.45, 7) is 4.83. The number of nitrogens with zero attached hydrogens (tertiary/aromatic N) is 1. The third-order valence-corrected chi connectivity index (χ3v) is 3.74. The van der Waals surface area contributed by atoms with E-state index in [1.54, 1.807) is 18.3 Å². The third kappa shape index (κ3) is 5.62. The van der Waals surface area contributed by atoms with Crippen LogP contribution in [-0.4, -0.2) is 42.2 Å². The molecule has 0 fully saturated rings. The average molecular weight is 270 g/mol. The van der Waals surface area contributed by atoms with Crippen molar-refractivity contribution in [2.24, 2.45) is 0 Å². The molecule has 102 valence electrons. The maximum absolute atomic E-state index is 11.8. The molecule has 0 aliphatic rings. The van der Waals surface area contributed by atoms with Gasteiger partial charge in [-0.2, -0.15) is 0 Å². The molecule has 0 radical (unpaired) electrons. The summed E-state index contributed by atoms with van der Waals surface area (Å²) in [5.41, 5.74) is 0. The number of carbonyl (C=O) groups is 1.